The van der Waals surface area contributed by atoms with E-state index in [0.29, 0.717) is 41.2 Å². The average molecular weight is 505 g/mol. The van der Waals surface area contributed by atoms with Gasteiger partial charge in [-0.25, -0.2) is 5.14 Å². The fourth-order valence-corrected chi connectivity index (χ4v) is 4.76. The largest absolute Gasteiger partial charge is 0.393 e. The predicted octanol–water partition coefficient (Wildman–Crippen LogP) is 2.59. The molecule has 11 heteroatoms. The summed E-state index contributed by atoms with van der Waals surface area (Å²) in [6, 6.07) is 10.8. The van der Waals surface area contributed by atoms with Gasteiger partial charge in [0.05, 0.1) is 18.3 Å². The first kappa shape index (κ1) is 24.4. The van der Waals surface area contributed by atoms with Crippen LogP contribution in [-0.4, -0.2) is 47.6 Å². The Morgan fingerprint density at radius 2 is 2.12 bits per heavy atom. The molecule has 1 fully saturated rings. The summed E-state index contributed by atoms with van der Waals surface area (Å²) in [4.78, 5) is 17.3. The average Bonchev–Trinajstić information content (AvgIpc) is 3.38. The van der Waals surface area contributed by atoms with Gasteiger partial charge in [-0.1, -0.05) is 23.7 Å². The molecule has 0 amide bonds. The molecule has 3 atom stereocenters. The zero-order valence-corrected chi connectivity index (χ0v) is 19.7. The van der Waals surface area contributed by atoms with E-state index in [4.69, 9.17) is 16.7 Å². The normalized spacial score (nSPS) is 20.4. The fourth-order valence-electron chi connectivity index (χ4n) is 4.18. The van der Waals surface area contributed by atoms with Gasteiger partial charge in [-0.2, -0.15) is 8.42 Å². The number of ketones is 1. The van der Waals surface area contributed by atoms with Crippen LogP contribution in [0.4, 0.5) is 5.69 Å². The second-order valence-corrected chi connectivity index (χ2v) is 10.0. The van der Waals surface area contributed by atoms with E-state index in [1.54, 1.807) is 24.5 Å². The Labute approximate surface area is 202 Å². The number of nitrogens with two attached hydrogens (primary N) is 1. The molecule has 0 saturated heterocycles. The van der Waals surface area contributed by atoms with Crippen molar-refractivity contribution in [1.29, 1.82) is 0 Å². The molecule has 0 bridgehead atoms. The van der Waals surface area contributed by atoms with Crippen LogP contribution in [0.5, 0.6) is 0 Å². The second kappa shape index (κ2) is 10.2. The Balaban J connectivity index is 1.44. The van der Waals surface area contributed by atoms with Crippen LogP contribution in [0, 0.1) is 5.92 Å². The van der Waals surface area contributed by atoms with Crippen molar-refractivity contribution in [3.63, 3.8) is 0 Å². The maximum absolute atomic E-state index is 13.2. The van der Waals surface area contributed by atoms with Crippen LogP contribution in [0.15, 0.2) is 61.2 Å². The zero-order valence-electron chi connectivity index (χ0n) is 18.2. The third-order valence-electron chi connectivity index (χ3n) is 5.80. The third-order valence-corrected chi connectivity index (χ3v) is 6.50. The number of nitrogens with one attached hydrogen (secondary N) is 1. The van der Waals surface area contributed by atoms with E-state index in [2.05, 4.69) is 14.5 Å². The van der Waals surface area contributed by atoms with Gasteiger partial charge < -0.3 is 15.0 Å². The maximum atomic E-state index is 13.2. The van der Waals surface area contributed by atoms with Crippen molar-refractivity contribution in [1.82, 2.24) is 9.55 Å². The van der Waals surface area contributed by atoms with Crippen molar-refractivity contribution in [2.24, 2.45) is 11.1 Å². The molecule has 1 saturated carbocycles. The molecule has 0 aliphatic heterocycles. The van der Waals surface area contributed by atoms with Gasteiger partial charge in [0.2, 0.25) is 0 Å². The molecular formula is C23H25ClN4O5S. The van der Waals surface area contributed by atoms with Crippen molar-refractivity contribution < 1.29 is 22.5 Å². The van der Waals surface area contributed by atoms with Crippen molar-refractivity contribution in [3.8, 4) is 0 Å². The van der Waals surface area contributed by atoms with Gasteiger partial charge in [0.1, 0.15) is 0 Å². The number of nitrogens with zero attached hydrogens (tertiary/aromatic N) is 2. The number of aliphatic hydroxyl groups excluding tert-OH is 1. The number of carbonyl (C=O) groups is 1. The van der Waals surface area contributed by atoms with Crippen LogP contribution in [0.1, 0.15) is 34.3 Å². The predicted molar refractivity (Wildman–Crippen MR) is 128 cm³/mol. The van der Waals surface area contributed by atoms with E-state index < -0.39 is 22.3 Å². The number of pyridine rings is 1. The molecule has 9 nitrogen and oxygen atoms in total. The van der Waals surface area contributed by atoms with Crippen LogP contribution < -0.4 is 10.5 Å². The lowest BCUT2D eigenvalue weighted by Crippen LogP contribution is -2.24. The summed E-state index contributed by atoms with van der Waals surface area (Å²) in [7, 11) is -4.07. The summed E-state index contributed by atoms with van der Waals surface area (Å²) < 4.78 is 28.6. The molecule has 1 aliphatic rings. The van der Waals surface area contributed by atoms with Gasteiger partial charge >= 0.3 is 10.3 Å². The Morgan fingerprint density at radius 3 is 2.88 bits per heavy atom. The molecule has 0 spiro atoms. The molecule has 4 N–H and O–H groups in total. The lowest BCUT2D eigenvalue weighted by Gasteiger charge is -2.16. The van der Waals surface area contributed by atoms with Crippen LogP contribution in [0.2, 0.25) is 5.02 Å². The minimum atomic E-state index is -4.07. The van der Waals surface area contributed by atoms with Gasteiger partial charge in [-0.05, 0) is 42.7 Å². The lowest BCUT2D eigenvalue weighted by molar-refractivity contribution is 0.101. The maximum Gasteiger partial charge on any atom is 0.333 e. The Bertz CT molecular complexity index is 1280. The molecule has 34 heavy (non-hydrogen) atoms. The van der Waals surface area contributed by atoms with E-state index in [1.165, 1.54) is 6.20 Å². The van der Waals surface area contributed by atoms with Crippen molar-refractivity contribution in [2.75, 3.05) is 11.9 Å². The van der Waals surface area contributed by atoms with Crippen LogP contribution >= 0.6 is 11.6 Å². The summed E-state index contributed by atoms with van der Waals surface area (Å²) in [5, 5.41) is 19.1. The highest BCUT2D eigenvalue weighted by Gasteiger charge is 2.34. The SMILES string of the molecule is NS(=O)(=O)OCC1CC(Nc2ccncc2C(=O)c2ccn(Cc3cccc(Cl)c3)c2)CC1O. The Kier molecular flexibility index (Phi) is 7.34. The number of hydrogen-bond donors (Lipinski definition) is 3. The van der Waals surface area contributed by atoms with E-state index in [9.17, 15) is 18.3 Å². The van der Waals surface area contributed by atoms with Gasteiger partial charge in [-0.3, -0.25) is 14.0 Å². The minimum absolute atomic E-state index is 0.176. The lowest BCUT2D eigenvalue weighted by atomic mass is 10.1. The molecule has 4 rings (SSSR count). The highest BCUT2D eigenvalue weighted by molar-refractivity contribution is 7.84. The molecule has 1 aliphatic carbocycles. The van der Waals surface area contributed by atoms with Crippen molar-refractivity contribution in [3.05, 3.63) is 82.9 Å². The molecular weight excluding hydrogens is 480 g/mol. The van der Waals surface area contributed by atoms with Gasteiger partial charge in [0.15, 0.2) is 5.78 Å². The summed E-state index contributed by atoms with van der Waals surface area (Å²) >= 11 is 6.06. The minimum Gasteiger partial charge on any atom is -0.393 e. The first-order valence-electron chi connectivity index (χ1n) is 10.7. The number of aliphatic hydroxyl groups is 1. The summed E-state index contributed by atoms with van der Waals surface area (Å²) in [5.41, 5.74) is 2.53. The number of anilines is 1. The molecule has 3 unspecified atom stereocenters. The quantitative estimate of drug-likeness (QED) is 0.381. The number of benzene rings is 1. The Hall–Kier alpha value is -2.76. The number of aromatic nitrogens is 2. The van der Waals surface area contributed by atoms with Crippen LogP contribution in [-0.2, 0) is 21.0 Å². The van der Waals surface area contributed by atoms with Gasteiger partial charge in [-0.15, -0.1) is 0 Å². The first-order chi connectivity index (χ1) is 16.2. The van der Waals surface area contributed by atoms with Crippen LogP contribution in [0.3, 0.4) is 0 Å². The summed E-state index contributed by atoms with van der Waals surface area (Å²) in [6.07, 6.45) is 6.79. The highest BCUT2D eigenvalue weighted by atomic mass is 35.5. The van der Waals surface area contributed by atoms with E-state index in [0.717, 1.165) is 5.56 Å². The third kappa shape index (κ3) is 6.22. The standard InChI is InChI=1S/C23H25ClN4O5S/c24-18-3-1-2-15(8-18)12-28-7-5-16(13-28)23(30)20-11-26-6-4-21(20)27-19-9-17(22(29)10-19)14-33-34(25,31)32/h1-8,11,13,17,19,22,29H,9-10,12,14H2,(H,26,27)(H2,25,31,32). The number of hydrogen-bond acceptors (Lipinski definition) is 7. The number of carbonyl (C=O) groups excluding carboxylic acids is 1. The first-order valence-corrected chi connectivity index (χ1v) is 12.5. The second-order valence-electron chi connectivity index (χ2n) is 8.37. The summed E-state index contributed by atoms with van der Waals surface area (Å²) in [5.74, 6) is -0.578. The monoisotopic (exact) mass is 504 g/mol. The van der Waals surface area contributed by atoms with Gasteiger partial charge in [0.25, 0.3) is 0 Å². The van der Waals surface area contributed by atoms with Crippen molar-refractivity contribution in [2.45, 2.75) is 31.5 Å². The van der Waals surface area contributed by atoms with E-state index >= 15 is 0 Å². The highest BCUT2D eigenvalue weighted by Crippen LogP contribution is 2.30. The molecule has 180 valence electrons. The van der Waals surface area contributed by atoms with Crippen molar-refractivity contribution >= 4 is 33.4 Å². The number of rotatable bonds is 9. The Morgan fingerprint density at radius 1 is 1.29 bits per heavy atom. The molecule has 1 aromatic carbocycles. The zero-order chi connectivity index (χ0) is 24.3. The molecule has 0 radical (unpaired) electrons. The number of halogens is 1. The molecule has 2 aromatic heterocycles. The topological polar surface area (TPSA) is 137 Å². The van der Waals surface area contributed by atoms with E-state index in [1.807, 2.05) is 35.0 Å². The smallest absolute Gasteiger partial charge is 0.333 e. The fraction of sp³-hybridized carbons (Fsp3) is 0.304. The van der Waals surface area contributed by atoms with Gasteiger partial charge in [0, 0.05) is 59.6 Å². The van der Waals surface area contributed by atoms with E-state index in [-0.39, 0.29) is 18.4 Å². The summed E-state index contributed by atoms with van der Waals surface area (Å²) in [6.45, 7) is 0.383. The molecule has 3 aromatic rings. The van der Waals surface area contributed by atoms with Crippen LogP contribution in [0.25, 0.3) is 0 Å². The molecule has 2 heterocycles.